The molecular weight excluding hydrogens is 420 g/mol. The molecule has 8 heteroatoms. The van der Waals surface area contributed by atoms with Crippen molar-refractivity contribution in [3.8, 4) is 0 Å². The molecule has 0 saturated heterocycles. The van der Waals surface area contributed by atoms with Crippen molar-refractivity contribution < 1.29 is 14.7 Å². The number of carbonyl (C=O) groups excluding carboxylic acids is 1. The lowest BCUT2D eigenvalue weighted by atomic mass is 9.96. The standard InChI is InChI=1S/C18H11Cl4NO3/c1-7-10(8-5-3-4-6-9(8)23(7)2)17(24)11-12(18(25)26)14(20)16(22)15(21)13(11)19/h3-6H,1-2H3,(H,25,26). The zero-order valence-electron chi connectivity index (χ0n) is 13.5. The van der Waals surface area contributed by atoms with Gasteiger partial charge in [0, 0.05) is 23.6 Å². The number of hydrogen-bond acceptors (Lipinski definition) is 2. The number of halogens is 4. The van der Waals surface area contributed by atoms with Crippen molar-refractivity contribution in [2.45, 2.75) is 6.92 Å². The number of carboxylic acids is 1. The van der Waals surface area contributed by atoms with Gasteiger partial charge < -0.3 is 9.67 Å². The largest absolute Gasteiger partial charge is 0.478 e. The number of nitrogens with zero attached hydrogens (tertiary/aromatic N) is 1. The minimum absolute atomic E-state index is 0.162. The van der Waals surface area contributed by atoms with Crippen LogP contribution in [0, 0.1) is 6.92 Å². The summed E-state index contributed by atoms with van der Waals surface area (Å²) in [5.74, 6) is -2.00. The molecule has 3 aromatic rings. The Morgan fingerprint density at radius 1 is 0.885 bits per heavy atom. The van der Waals surface area contributed by atoms with E-state index in [1.807, 2.05) is 23.7 Å². The maximum atomic E-state index is 13.3. The topological polar surface area (TPSA) is 59.3 Å². The van der Waals surface area contributed by atoms with Crippen molar-refractivity contribution in [3.63, 3.8) is 0 Å². The highest BCUT2D eigenvalue weighted by Crippen LogP contribution is 2.43. The Morgan fingerprint density at radius 3 is 2.00 bits per heavy atom. The number of ketones is 1. The Bertz CT molecular complexity index is 1100. The Morgan fingerprint density at radius 2 is 1.42 bits per heavy atom. The summed E-state index contributed by atoms with van der Waals surface area (Å²) in [5.41, 5.74) is 1.07. The van der Waals surface area contributed by atoms with Gasteiger partial charge in [0.25, 0.3) is 0 Å². The van der Waals surface area contributed by atoms with Gasteiger partial charge in [-0.25, -0.2) is 4.79 Å². The molecule has 2 aromatic carbocycles. The van der Waals surface area contributed by atoms with Crippen molar-refractivity contribution in [1.82, 2.24) is 4.57 Å². The van der Waals surface area contributed by atoms with Gasteiger partial charge in [0.15, 0.2) is 5.78 Å². The molecule has 3 rings (SSSR count). The summed E-state index contributed by atoms with van der Waals surface area (Å²) in [7, 11) is 1.82. The number of hydrogen-bond donors (Lipinski definition) is 1. The summed E-state index contributed by atoms with van der Waals surface area (Å²) < 4.78 is 1.84. The Hall–Kier alpha value is -1.72. The minimum atomic E-state index is -1.42. The van der Waals surface area contributed by atoms with Crippen LogP contribution >= 0.6 is 46.4 Å². The van der Waals surface area contributed by atoms with Crippen molar-refractivity contribution in [1.29, 1.82) is 0 Å². The fourth-order valence-electron chi connectivity index (χ4n) is 2.98. The molecule has 0 aliphatic rings. The first kappa shape index (κ1) is 19.1. The molecule has 0 aliphatic carbocycles. The zero-order chi connectivity index (χ0) is 19.3. The first-order valence-corrected chi connectivity index (χ1v) is 8.87. The predicted octanol–water partition coefficient (Wildman–Crippen LogP) is 6.03. The summed E-state index contributed by atoms with van der Waals surface area (Å²) in [6.07, 6.45) is 0. The molecule has 0 amide bonds. The summed E-state index contributed by atoms with van der Waals surface area (Å²) >= 11 is 24.3. The average Bonchev–Trinajstić information content (AvgIpc) is 2.86. The Balaban J connectivity index is 2.41. The molecule has 4 nitrogen and oxygen atoms in total. The van der Waals surface area contributed by atoms with Crippen LogP contribution in [0.25, 0.3) is 10.9 Å². The molecule has 134 valence electrons. The third-order valence-corrected chi connectivity index (χ3v) is 6.14. The first-order valence-electron chi connectivity index (χ1n) is 7.36. The summed E-state index contributed by atoms with van der Waals surface area (Å²) in [4.78, 5) is 25.1. The van der Waals surface area contributed by atoms with E-state index in [9.17, 15) is 14.7 Å². The van der Waals surface area contributed by atoms with E-state index in [2.05, 4.69) is 0 Å². The maximum Gasteiger partial charge on any atom is 0.338 e. The van der Waals surface area contributed by atoms with Crippen LogP contribution in [0.2, 0.25) is 20.1 Å². The molecule has 1 aromatic heterocycles. The first-order chi connectivity index (χ1) is 12.2. The van der Waals surface area contributed by atoms with Crippen molar-refractivity contribution in [2.75, 3.05) is 0 Å². The van der Waals surface area contributed by atoms with Gasteiger partial charge in [-0.15, -0.1) is 0 Å². The highest BCUT2D eigenvalue weighted by atomic mass is 35.5. The lowest BCUT2D eigenvalue weighted by Crippen LogP contribution is -2.13. The molecule has 1 N–H and O–H groups in total. The second kappa shape index (κ2) is 6.78. The van der Waals surface area contributed by atoms with Crippen LogP contribution in [-0.4, -0.2) is 21.4 Å². The fourth-order valence-corrected chi connectivity index (χ4v) is 4.00. The predicted molar refractivity (Wildman–Crippen MR) is 105 cm³/mol. The van der Waals surface area contributed by atoms with E-state index in [-0.39, 0.29) is 25.7 Å². The van der Waals surface area contributed by atoms with Gasteiger partial charge in [0.05, 0.1) is 36.8 Å². The van der Waals surface area contributed by atoms with Crippen LogP contribution in [0.3, 0.4) is 0 Å². The number of benzene rings is 2. The van der Waals surface area contributed by atoms with Gasteiger partial charge in [-0.2, -0.15) is 0 Å². The van der Waals surface area contributed by atoms with E-state index in [0.29, 0.717) is 16.6 Å². The van der Waals surface area contributed by atoms with Crippen molar-refractivity contribution >= 4 is 69.1 Å². The quantitative estimate of drug-likeness (QED) is 0.313. The second-order valence-corrected chi connectivity index (χ2v) is 7.19. The van der Waals surface area contributed by atoms with E-state index >= 15 is 0 Å². The number of rotatable bonds is 3. The molecule has 0 aliphatic heterocycles. The summed E-state index contributed by atoms with van der Waals surface area (Å²) in [5, 5.41) is 9.31. The molecule has 1 heterocycles. The Labute approximate surface area is 168 Å². The zero-order valence-corrected chi connectivity index (χ0v) is 16.6. The van der Waals surface area contributed by atoms with Crippen LogP contribution in [0.15, 0.2) is 24.3 Å². The lowest BCUT2D eigenvalue weighted by Gasteiger charge is -2.13. The van der Waals surface area contributed by atoms with E-state index in [0.717, 1.165) is 5.52 Å². The summed E-state index contributed by atoms with van der Waals surface area (Å²) in [6, 6.07) is 7.28. The SMILES string of the molecule is Cc1c(C(=O)c2c(Cl)c(Cl)c(Cl)c(Cl)c2C(=O)O)c2ccccc2n1C. The third kappa shape index (κ3) is 2.69. The van der Waals surface area contributed by atoms with Gasteiger partial charge in [-0.05, 0) is 13.0 Å². The van der Waals surface area contributed by atoms with Crippen LogP contribution in [0.4, 0.5) is 0 Å². The number of carboxylic acid groups (broad SMARTS) is 1. The minimum Gasteiger partial charge on any atom is -0.478 e. The number of carbonyl (C=O) groups is 2. The van der Waals surface area contributed by atoms with Crippen LogP contribution in [0.5, 0.6) is 0 Å². The maximum absolute atomic E-state index is 13.3. The van der Waals surface area contributed by atoms with E-state index in [4.69, 9.17) is 46.4 Å². The van der Waals surface area contributed by atoms with E-state index in [1.54, 1.807) is 19.1 Å². The number of aromatic nitrogens is 1. The molecule has 26 heavy (non-hydrogen) atoms. The number of para-hydroxylation sites is 1. The Kier molecular flexibility index (Phi) is 4.97. The molecule has 0 fully saturated rings. The van der Waals surface area contributed by atoms with E-state index < -0.39 is 17.3 Å². The smallest absolute Gasteiger partial charge is 0.338 e. The number of aryl methyl sites for hydroxylation is 1. The molecular formula is C18H11Cl4NO3. The van der Waals surface area contributed by atoms with Gasteiger partial charge >= 0.3 is 5.97 Å². The lowest BCUT2D eigenvalue weighted by molar-refractivity contribution is 0.0693. The van der Waals surface area contributed by atoms with Crippen molar-refractivity contribution in [3.05, 3.63) is 66.7 Å². The number of fused-ring (bicyclic) bond motifs is 1. The molecule has 0 bridgehead atoms. The normalized spacial score (nSPS) is 11.2. The molecule has 0 unspecified atom stereocenters. The molecule has 0 saturated carbocycles. The van der Waals surface area contributed by atoms with Crippen LogP contribution < -0.4 is 0 Å². The van der Waals surface area contributed by atoms with Gasteiger partial charge in [-0.3, -0.25) is 4.79 Å². The van der Waals surface area contributed by atoms with Crippen molar-refractivity contribution in [2.24, 2.45) is 7.05 Å². The highest BCUT2D eigenvalue weighted by molar-refractivity contribution is 6.54. The van der Waals surface area contributed by atoms with E-state index in [1.165, 1.54) is 0 Å². The van der Waals surface area contributed by atoms with Gasteiger partial charge in [0.2, 0.25) is 0 Å². The van der Waals surface area contributed by atoms with Gasteiger partial charge in [0.1, 0.15) is 0 Å². The molecule has 0 atom stereocenters. The fraction of sp³-hybridized carbons (Fsp3) is 0.111. The average molecular weight is 431 g/mol. The highest BCUT2D eigenvalue weighted by Gasteiger charge is 2.31. The summed E-state index contributed by atoms with van der Waals surface area (Å²) in [6.45, 7) is 1.76. The van der Waals surface area contributed by atoms with Crippen LogP contribution in [-0.2, 0) is 7.05 Å². The second-order valence-electron chi connectivity index (χ2n) is 5.68. The number of aromatic carboxylic acids is 1. The van der Waals surface area contributed by atoms with Gasteiger partial charge in [-0.1, -0.05) is 64.6 Å². The monoisotopic (exact) mass is 429 g/mol. The molecule has 0 radical (unpaired) electrons. The molecule has 0 spiro atoms. The third-order valence-electron chi connectivity index (χ3n) is 4.33. The van der Waals surface area contributed by atoms with Crippen LogP contribution in [0.1, 0.15) is 32.0 Å².